The zero-order valence-corrected chi connectivity index (χ0v) is 14.7. The highest BCUT2D eigenvalue weighted by Crippen LogP contribution is 2.20. The van der Waals surface area contributed by atoms with E-state index in [9.17, 15) is 9.18 Å². The first-order valence-electron chi connectivity index (χ1n) is 8.05. The molecule has 0 saturated carbocycles. The van der Waals surface area contributed by atoms with Gasteiger partial charge in [-0.1, -0.05) is 29.5 Å². The number of fused-ring (bicyclic) bond motifs is 1. The van der Waals surface area contributed by atoms with Gasteiger partial charge in [0.15, 0.2) is 5.82 Å². The highest BCUT2D eigenvalue weighted by Gasteiger charge is 2.12. The summed E-state index contributed by atoms with van der Waals surface area (Å²) in [7, 11) is 0. The standard InChI is InChI=1S/C19H14FN3O2S/c1-2-25-14-9-7-12(8-10-14)17-21-19-23(22-17)18(24)16(26-19)11-13-5-3-4-6-15(13)20/h3-11H,2H2,1H3/b16-11-. The zero-order chi connectivity index (χ0) is 18.1. The molecule has 0 atom stereocenters. The Balaban J connectivity index is 1.74. The highest BCUT2D eigenvalue weighted by molar-refractivity contribution is 7.15. The number of nitrogens with zero attached hydrogens (tertiary/aromatic N) is 3. The van der Waals surface area contributed by atoms with E-state index >= 15 is 0 Å². The Morgan fingerprint density at radius 2 is 1.96 bits per heavy atom. The molecular weight excluding hydrogens is 353 g/mol. The van der Waals surface area contributed by atoms with Gasteiger partial charge in [0.1, 0.15) is 11.6 Å². The van der Waals surface area contributed by atoms with Crippen molar-refractivity contribution in [2.45, 2.75) is 6.92 Å². The minimum Gasteiger partial charge on any atom is -0.494 e. The topological polar surface area (TPSA) is 56.5 Å². The van der Waals surface area contributed by atoms with Gasteiger partial charge in [0.25, 0.3) is 5.56 Å². The van der Waals surface area contributed by atoms with E-state index in [1.165, 1.54) is 28.0 Å². The van der Waals surface area contributed by atoms with Crippen molar-refractivity contribution in [2.24, 2.45) is 0 Å². The Hall–Kier alpha value is -3.06. The van der Waals surface area contributed by atoms with Crippen molar-refractivity contribution in [3.8, 4) is 17.1 Å². The second-order valence-electron chi connectivity index (χ2n) is 5.52. The number of hydrogen-bond donors (Lipinski definition) is 0. The molecule has 0 aliphatic heterocycles. The molecule has 0 spiro atoms. The third-order valence-corrected chi connectivity index (χ3v) is 4.76. The summed E-state index contributed by atoms with van der Waals surface area (Å²) in [5, 5.41) is 4.29. The van der Waals surface area contributed by atoms with E-state index in [0.717, 1.165) is 11.3 Å². The van der Waals surface area contributed by atoms with E-state index < -0.39 is 0 Å². The maximum absolute atomic E-state index is 13.8. The lowest BCUT2D eigenvalue weighted by Gasteiger charge is -2.02. The van der Waals surface area contributed by atoms with Crippen molar-refractivity contribution in [2.75, 3.05) is 6.61 Å². The molecule has 0 unspecified atom stereocenters. The first-order chi connectivity index (χ1) is 12.7. The molecule has 7 heteroatoms. The SMILES string of the molecule is CCOc1ccc(-c2nc3s/c(=C\c4ccccc4F)c(=O)n3n2)cc1. The average molecular weight is 367 g/mol. The summed E-state index contributed by atoms with van der Waals surface area (Å²) in [5.41, 5.74) is 0.849. The van der Waals surface area contributed by atoms with Gasteiger partial charge in [-0.05, 0) is 43.3 Å². The number of thiazole rings is 1. The first-order valence-corrected chi connectivity index (χ1v) is 8.86. The fourth-order valence-electron chi connectivity index (χ4n) is 2.56. The summed E-state index contributed by atoms with van der Waals surface area (Å²) in [4.78, 5) is 17.4. The van der Waals surface area contributed by atoms with Crippen molar-refractivity contribution in [3.63, 3.8) is 0 Å². The summed E-state index contributed by atoms with van der Waals surface area (Å²) < 4.78 is 20.8. The van der Waals surface area contributed by atoms with Crippen molar-refractivity contribution in [3.05, 3.63) is 74.8 Å². The van der Waals surface area contributed by atoms with Crippen LogP contribution in [-0.2, 0) is 0 Å². The molecule has 130 valence electrons. The van der Waals surface area contributed by atoms with E-state index in [0.29, 0.717) is 27.5 Å². The van der Waals surface area contributed by atoms with Crippen LogP contribution in [0.1, 0.15) is 12.5 Å². The number of aromatic nitrogens is 3. The molecule has 2 heterocycles. The molecule has 26 heavy (non-hydrogen) atoms. The van der Waals surface area contributed by atoms with Gasteiger partial charge in [-0.3, -0.25) is 4.79 Å². The number of ether oxygens (including phenoxy) is 1. The number of halogens is 1. The van der Waals surface area contributed by atoms with Gasteiger partial charge < -0.3 is 4.74 Å². The van der Waals surface area contributed by atoms with Crippen molar-refractivity contribution in [1.82, 2.24) is 14.6 Å². The molecule has 4 rings (SSSR count). The van der Waals surface area contributed by atoms with Gasteiger partial charge >= 0.3 is 0 Å². The fourth-order valence-corrected chi connectivity index (χ4v) is 3.45. The third kappa shape index (κ3) is 2.97. The minimum atomic E-state index is -0.374. The predicted octanol–water partition coefficient (Wildman–Crippen LogP) is 2.90. The summed E-state index contributed by atoms with van der Waals surface area (Å²) in [6.45, 7) is 2.52. The Labute approximate surface area is 152 Å². The van der Waals surface area contributed by atoms with Crippen LogP contribution in [0.5, 0.6) is 5.75 Å². The van der Waals surface area contributed by atoms with Crippen LogP contribution in [0, 0.1) is 5.82 Å². The number of benzene rings is 2. The van der Waals surface area contributed by atoms with Crippen molar-refractivity contribution < 1.29 is 9.13 Å². The predicted molar refractivity (Wildman–Crippen MR) is 98.9 cm³/mol. The molecular formula is C19H14FN3O2S. The summed E-state index contributed by atoms with van der Waals surface area (Å²) in [5.74, 6) is 0.860. The summed E-state index contributed by atoms with van der Waals surface area (Å²) in [6, 6.07) is 13.7. The molecule has 0 bridgehead atoms. The summed E-state index contributed by atoms with van der Waals surface area (Å²) in [6.07, 6.45) is 1.52. The molecule has 5 nitrogen and oxygen atoms in total. The quantitative estimate of drug-likeness (QED) is 0.557. The van der Waals surface area contributed by atoms with Gasteiger partial charge in [-0.15, -0.1) is 5.10 Å². The molecule has 0 fully saturated rings. The van der Waals surface area contributed by atoms with E-state index in [2.05, 4.69) is 10.1 Å². The Kier molecular flexibility index (Phi) is 4.22. The van der Waals surface area contributed by atoms with Crippen LogP contribution in [0.4, 0.5) is 4.39 Å². The lowest BCUT2D eigenvalue weighted by Crippen LogP contribution is -2.23. The Morgan fingerprint density at radius 1 is 1.19 bits per heavy atom. The van der Waals surface area contributed by atoms with Crippen LogP contribution in [0.15, 0.2) is 53.3 Å². The number of rotatable bonds is 4. The Bertz CT molecular complexity index is 1180. The van der Waals surface area contributed by atoms with Gasteiger partial charge in [0, 0.05) is 11.1 Å². The maximum atomic E-state index is 13.8. The zero-order valence-electron chi connectivity index (χ0n) is 13.8. The molecule has 0 radical (unpaired) electrons. The molecule has 0 aliphatic rings. The van der Waals surface area contributed by atoms with Crippen LogP contribution in [0.3, 0.4) is 0 Å². The maximum Gasteiger partial charge on any atom is 0.291 e. The van der Waals surface area contributed by atoms with Gasteiger partial charge in [-0.25, -0.2) is 4.39 Å². The number of hydrogen-bond acceptors (Lipinski definition) is 5. The molecule has 2 aromatic carbocycles. The third-order valence-electron chi connectivity index (χ3n) is 3.80. The van der Waals surface area contributed by atoms with E-state index in [4.69, 9.17) is 4.74 Å². The molecule has 0 amide bonds. The average Bonchev–Trinajstić information content (AvgIpc) is 3.18. The second kappa shape index (κ2) is 6.68. The van der Waals surface area contributed by atoms with E-state index in [1.54, 1.807) is 18.2 Å². The van der Waals surface area contributed by atoms with Crippen LogP contribution in [0.25, 0.3) is 22.4 Å². The molecule has 0 N–H and O–H groups in total. The van der Waals surface area contributed by atoms with Gasteiger partial charge in [0.2, 0.25) is 4.96 Å². The van der Waals surface area contributed by atoms with Crippen molar-refractivity contribution in [1.29, 1.82) is 0 Å². The lowest BCUT2D eigenvalue weighted by atomic mass is 10.2. The monoisotopic (exact) mass is 367 g/mol. The Morgan fingerprint density at radius 3 is 2.65 bits per heavy atom. The second-order valence-corrected chi connectivity index (χ2v) is 6.53. The smallest absolute Gasteiger partial charge is 0.291 e. The van der Waals surface area contributed by atoms with Gasteiger partial charge in [-0.2, -0.15) is 9.50 Å². The minimum absolute atomic E-state index is 0.307. The fraction of sp³-hybridized carbons (Fsp3) is 0.105. The molecule has 4 aromatic rings. The van der Waals surface area contributed by atoms with Crippen LogP contribution < -0.4 is 14.8 Å². The van der Waals surface area contributed by atoms with Crippen LogP contribution in [-0.4, -0.2) is 21.2 Å². The van der Waals surface area contributed by atoms with E-state index in [1.807, 2.05) is 31.2 Å². The van der Waals surface area contributed by atoms with Crippen LogP contribution in [0.2, 0.25) is 0 Å². The molecule has 0 aliphatic carbocycles. The highest BCUT2D eigenvalue weighted by atomic mass is 32.1. The largest absolute Gasteiger partial charge is 0.494 e. The van der Waals surface area contributed by atoms with Crippen LogP contribution >= 0.6 is 11.3 Å². The normalized spacial score (nSPS) is 12.0. The molecule has 0 saturated heterocycles. The summed E-state index contributed by atoms with van der Waals surface area (Å²) >= 11 is 1.18. The lowest BCUT2D eigenvalue weighted by molar-refractivity contribution is 0.340. The van der Waals surface area contributed by atoms with Gasteiger partial charge in [0.05, 0.1) is 11.1 Å². The van der Waals surface area contributed by atoms with Crippen molar-refractivity contribution >= 4 is 22.4 Å². The van der Waals surface area contributed by atoms with E-state index in [-0.39, 0.29) is 11.4 Å². The molecule has 2 aromatic heterocycles. The first kappa shape index (κ1) is 16.4.